The molecule has 0 unspecified atom stereocenters. The van der Waals surface area contributed by atoms with Crippen LogP contribution in [-0.2, 0) is 0 Å². The van der Waals surface area contributed by atoms with Crippen LogP contribution in [0.1, 0.15) is 30.0 Å². The van der Waals surface area contributed by atoms with E-state index in [0.29, 0.717) is 18.7 Å². The average molecular weight is 377 g/mol. The van der Waals surface area contributed by atoms with E-state index in [1.165, 1.54) is 12.1 Å². The normalized spacial score (nSPS) is 17.1. The van der Waals surface area contributed by atoms with Gasteiger partial charge < -0.3 is 5.32 Å². The van der Waals surface area contributed by atoms with E-state index in [-0.39, 0.29) is 37.3 Å². The monoisotopic (exact) mass is 376 g/mol. The molecule has 0 spiro atoms. The summed E-state index contributed by atoms with van der Waals surface area (Å²) < 4.78 is 51.2. The fourth-order valence-corrected chi connectivity index (χ4v) is 2.80. The van der Waals surface area contributed by atoms with Gasteiger partial charge in [-0.15, -0.1) is 24.8 Å². The van der Waals surface area contributed by atoms with E-state index in [0.717, 1.165) is 18.7 Å². The molecule has 1 atom stereocenters. The Labute approximate surface area is 146 Å². The Balaban J connectivity index is 0.00000242. The molecule has 1 N–H and O–H groups in total. The molecule has 0 amide bonds. The largest absolute Gasteiger partial charge is 0.389 e. The Hall–Kier alpha value is -0.560. The number of hydrogen-bond acceptors (Lipinski definition) is 2. The van der Waals surface area contributed by atoms with Crippen molar-refractivity contribution < 1.29 is 17.6 Å². The summed E-state index contributed by atoms with van der Waals surface area (Å²) in [6.45, 7) is 4.67. The lowest BCUT2D eigenvalue weighted by Crippen LogP contribution is -2.45. The van der Waals surface area contributed by atoms with Crippen molar-refractivity contribution in [2.75, 3.05) is 26.2 Å². The number of rotatable bonds is 4. The number of alkyl halides is 3. The van der Waals surface area contributed by atoms with Crippen molar-refractivity contribution in [1.82, 2.24) is 10.2 Å². The lowest BCUT2D eigenvalue weighted by atomic mass is 9.95. The SMILES string of the molecule is Cc1ccc(F)cc1[C@H](CCC(F)(F)F)N1CCNCC1.Cl.Cl. The maximum atomic E-state index is 13.5. The molecule has 0 aromatic heterocycles. The van der Waals surface area contributed by atoms with Gasteiger partial charge >= 0.3 is 6.18 Å². The molecule has 134 valence electrons. The van der Waals surface area contributed by atoms with Gasteiger partial charge in [0.1, 0.15) is 5.82 Å². The molecule has 0 radical (unpaired) electrons. The topological polar surface area (TPSA) is 15.3 Å². The van der Waals surface area contributed by atoms with Crippen LogP contribution in [0.3, 0.4) is 0 Å². The van der Waals surface area contributed by atoms with Crippen LogP contribution in [-0.4, -0.2) is 37.3 Å². The summed E-state index contributed by atoms with van der Waals surface area (Å²) in [6, 6.07) is 3.97. The average Bonchev–Trinajstić information content (AvgIpc) is 2.43. The Morgan fingerprint density at radius 1 is 1.17 bits per heavy atom. The van der Waals surface area contributed by atoms with E-state index in [4.69, 9.17) is 0 Å². The lowest BCUT2D eigenvalue weighted by Gasteiger charge is -2.36. The molecule has 8 heteroatoms. The van der Waals surface area contributed by atoms with E-state index in [9.17, 15) is 17.6 Å². The smallest absolute Gasteiger partial charge is 0.314 e. The molecular weight excluding hydrogens is 355 g/mol. The van der Waals surface area contributed by atoms with E-state index in [1.54, 1.807) is 6.07 Å². The molecule has 0 bridgehead atoms. The molecule has 1 aliphatic rings. The van der Waals surface area contributed by atoms with Crippen molar-refractivity contribution in [3.8, 4) is 0 Å². The van der Waals surface area contributed by atoms with Crippen molar-refractivity contribution in [1.29, 1.82) is 0 Å². The predicted octanol–water partition coefficient (Wildman–Crippen LogP) is 4.27. The van der Waals surface area contributed by atoms with Crippen molar-refractivity contribution in [2.24, 2.45) is 0 Å². The van der Waals surface area contributed by atoms with Crippen LogP contribution in [0.2, 0.25) is 0 Å². The zero-order valence-corrected chi connectivity index (χ0v) is 14.5. The highest BCUT2D eigenvalue weighted by molar-refractivity contribution is 5.85. The van der Waals surface area contributed by atoms with Crippen LogP contribution in [0.25, 0.3) is 0 Å². The minimum absolute atomic E-state index is 0. The van der Waals surface area contributed by atoms with Crippen LogP contribution >= 0.6 is 24.8 Å². The molecule has 1 fully saturated rings. The predicted molar refractivity (Wildman–Crippen MR) is 88.1 cm³/mol. The number of nitrogens with one attached hydrogen (secondary N) is 1. The molecule has 0 aliphatic carbocycles. The van der Waals surface area contributed by atoms with Gasteiger partial charge in [-0.05, 0) is 36.6 Å². The number of hydrogen-bond donors (Lipinski definition) is 1. The fourth-order valence-electron chi connectivity index (χ4n) is 2.80. The summed E-state index contributed by atoms with van der Waals surface area (Å²) in [5, 5.41) is 3.18. The Morgan fingerprint density at radius 2 is 1.78 bits per heavy atom. The maximum Gasteiger partial charge on any atom is 0.389 e. The molecule has 2 rings (SSSR count). The van der Waals surface area contributed by atoms with Crippen LogP contribution in [0.15, 0.2) is 18.2 Å². The van der Waals surface area contributed by atoms with Gasteiger partial charge in [-0.2, -0.15) is 13.2 Å². The number of piperazine rings is 1. The summed E-state index contributed by atoms with van der Waals surface area (Å²) in [5.41, 5.74) is 1.50. The summed E-state index contributed by atoms with van der Waals surface area (Å²) in [7, 11) is 0. The van der Waals surface area contributed by atoms with Crippen LogP contribution in [0, 0.1) is 12.7 Å². The number of benzene rings is 1. The first kappa shape index (κ1) is 22.4. The second kappa shape index (κ2) is 9.67. The minimum Gasteiger partial charge on any atom is -0.314 e. The van der Waals surface area contributed by atoms with Crippen molar-refractivity contribution in [3.05, 3.63) is 35.1 Å². The van der Waals surface area contributed by atoms with E-state index < -0.39 is 18.4 Å². The fraction of sp³-hybridized carbons (Fsp3) is 0.600. The van der Waals surface area contributed by atoms with Crippen molar-refractivity contribution >= 4 is 24.8 Å². The highest BCUT2D eigenvalue weighted by atomic mass is 35.5. The summed E-state index contributed by atoms with van der Waals surface area (Å²) in [4.78, 5) is 2.02. The Bertz CT molecular complexity index is 477. The summed E-state index contributed by atoms with van der Waals surface area (Å²) in [6.07, 6.45) is -5.07. The van der Waals surface area contributed by atoms with Crippen LogP contribution in [0.4, 0.5) is 17.6 Å². The van der Waals surface area contributed by atoms with Gasteiger partial charge in [-0.3, -0.25) is 4.90 Å². The molecule has 1 aromatic rings. The van der Waals surface area contributed by atoms with Gasteiger partial charge in [0.05, 0.1) is 0 Å². The van der Waals surface area contributed by atoms with E-state index in [2.05, 4.69) is 5.32 Å². The number of halogens is 6. The first-order valence-corrected chi connectivity index (χ1v) is 7.14. The summed E-state index contributed by atoms with van der Waals surface area (Å²) in [5.74, 6) is -0.400. The van der Waals surface area contributed by atoms with Gasteiger partial charge in [0.25, 0.3) is 0 Å². The molecular formula is C15H22Cl2F4N2. The van der Waals surface area contributed by atoms with Crippen LogP contribution in [0.5, 0.6) is 0 Å². The maximum absolute atomic E-state index is 13.5. The third-order valence-corrected chi connectivity index (χ3v) is 3.89. The zero-order valence-electron chi connectivity index (χ0n) is 12.8. The third-order valence-electron chi connectivity index (χ3n) is 3.89. The van der Waals surface area contributed by atoms with Gasteiger partial charge in [-0.1, -0.05) is 6.07 Å². The molecule has 0 saturated carbocycles. The molecule has 1 aliphatic heterocycles. The second-order valence-corrected chi connectivity index (χ2v) is 5.46. The second-order valence-electron chi connectivity index (χ2n) is 5.46. The van der Waals surface area contributed by atoms with E-state index >= 15 is 0 Å². The number of nitrogens with zero attached hydrogens (tertiary/aromatic N) is 1. The van der Waals surface area contributed by atoms with E-state index in [1.807, 2.05) is 11.8 Å². The standard InChI is InChI=1S/C15H20F4N2.2ClH/c1-11-2-3-12(16)10-13(11)14(4-5-15(17,18)19)21-8-6-20-7-9-21;;/h2-3,10,14,20H,4-9H2,1H3;2*1H/t14-;;/m0../s1. The number of aryl methyl sites for hydroxylation is 1. The zero-order chi connectivity index (χ0) is 15.5. The molecule has 1 saturated heterocycles. The summed E-state index contributed by atoms with van der Waals surface area (Å²) >= 11 is 0. The van der Waals surface area contributed by atoms with Gasteiger partial charge in [0.15, 0.2) is 0 Å². The molecule has 2 nitrogen and oxygen atoms in total. The van der Waals surface area contributed by atoms with Gasteiger partial charge in [0, 0.05) is 38.6 Å². The molecule has 23 heavy (non-hydrogen) atoms. The first-order chi connectivity index (χ1) is 9.87. The van der Waals surface area contributed by atoms with Crippen LogP contribution < -0.4 is 5.32 Å². The third kappa shape index (κ3) is 6.83. The van der Waals surface area contributed by atoms with Crippen molar-refractivity contribution in [3.63, 3.8) is 0 Å². The first-order valence-electron chi connectivity index (χ1n) is 7.14. The highest BCUT2D eigenvalue weighted by Gasteiger charge is 2.31. The highest BCUT2D eigenvalue weighted by Crippen LogP contribution is 2.33. The quantitative estimate of drug-likeness (QED) is 0.789. The van der Waals surface area contributed by atoms with Crippen molar-refractivity contribution in [2.45, 2.75) is 32.0 Å². The molecule has 1 heterocycles. The molecule has 1 aromatic carbocycles. The lowest BCUT2D eigenvalue weighted by molar-refractivity contribution is -0.138. The van der Waals surface area contributed by atoms with Gasteiger partial charge in [-0.25, -0.2) is 4.39 Å². The Morgan fingerprint density at radius 3 is 2.35 bits per heavy atom. The Kier molecular flexibility index (Phi) is 9.43. The van der Waals surface area contributed by atoms with Gasteiger partial charge in [0.2, 0.25) is 0 Å². The minimum atomic E-state index is -4.19.